The molecule has 4 aromatic rings. The van der Waals surface area contributed by atoms with E-state index in [1.165, 1.54) is 0 Å². The maximum atomic E-state index is 13.4. The number of carbonyl (C=O) groups excluding carboxylic acids is 1. The normalized spacial score (nSPS) is 17.0. The Morgan fingerprint density at radius 3 is 2.45 bits per heavy atom. The number of amides is 1. The fraction of sp³-hybridized carbons (Fsp3) is 0.410. The summed E-state index contributed by atoms with van der Waals surface area (Å²) in [7, 11) is 5.50. The molecule has 1 aromatic heterocycles. The molecule has 1 aliphatic heterocycles. The molecule has 0 saturated carbocycles. The number of methoxy groups -OCH3 is 1. The predicted octanol–water partition coefficient (Wildman–Crippen LogP) is 7.69. The van der Waals surface area contributed by atoms with Gasteiger partial charge in [-0.25, -0.2) is 4.98 Å². The smallest absolute Gasteiger partial charge is 0.324 e. The Kier molecular flexibility index (Phi) is 10.2. The number of carboxylic acids is 1. The van der Waals surface area contributed by atoms with E-state index in [9.17, 15) is 14.7 Å². The number of nitrogens with zero attached hydrogens (tertiary/aromatic N) is 3. The number of carboxylic acid groups (broad SMARTS) is 1. The number of likely N-dealkylation sites (N-methyl/N-ethyl adjacent to an activating group) is 1. The van der Waals surface area contributed by atoms with Gasteiger partial charge in [0.2, 0.25) is 0 Å². The van der Waals surface area contributed by atoms with Crippen molar-refractivity contribution in [2.24, 2.45) is 12.5 Å². The summed E-state index contributed by atoms with van der Waals surface area (Å²) >= 11 is 13.8. The molecule has 0 radical (unpaired) electrons. The van der Waals surface area contributed by atoms with Crippen LogP contribution in [-0.4, -0.2) is 57.7 Å². The van der Waals surface area contributed by atoms with Gasteiger partial charge in [0, 0.05) is 56.0 Å². The summed E-state index contributed by atoms with van der Waals surface area (Å²) < 4.78 is 14.1. The van der Waals surface area contributed by atoms with E-state index in [-0.39, 0.29) is 18.6 Å². The third kappa shape index (κ3) is 6.94. The molecule has 2 aliphatic rings. The van der Waals surface area contributed by atoms with Crippen LogP contribution in [0.1, 0.15) is 78.9 Å². The Bertz CT molecular complexity index is 2000. The van der Waals surface area contributed by atoms with Gasteiger partial charge in [0.05, 0.1) is 28.5 Å². The summed E-state index contributed by atoms with van der Waals surface area (Å²) in [6.07, 6.45) is 2.06. The van der Waals surface area contributed by atoms with Gasteiger partial charge in [-0.3, -0.25) is 14.9 Å². The number of fused-ring (bicyclic) bond motifs is 2. The van der Waals surface area contributed by atoms with Gasteiger partial charge in [0.15, 0.2) is 5.82 Å². The SMILES string of the molecule is COc1cc(OC2CCc3c(-c4cccc(NC(=O)c5nc6c(n5C)CCN(C)C6)c4Cl)cccc32)c(Cl)cc1CNC(C)(C(=O)O)C(C)(C)C. The van der Waals surface area contributed by atoms with Crippen LogP contribution < -0.4 is 20.1 Å². The average Bonchev–Trinajstić information content (AvgIpc) is 3.64. The first kappa shape index (κ1) is 36.7. The number of hydrogen-bond donors (Lipinski definition) is 3. The molecule has 2 atom stereocenters. The largest absolute Gasteiger partial charge is 0.496 e. The zero-order valence-corrected chi connectivity index (χ0v) is 31.6. The number of nitrogens with one attached hydrogen (secondary N) is 2. The average molecular weight is 735 g/mol. The van der Waals surface area contributed by atoms with Crippen LogP contribution in [0.25, 0.3) is 11.1 Å². The minimum Gasteiger partial charge on any atom is -0.496 e. The van der Waals surface area contributed by atoms with Gasteiger partial charge < -0.3 is 29.4 Å². The predicted molar refractivity (Wildman–Crippen MR) is 200 cm³/mol. The first-order chi connectivity index (χ1) is 24.1. The second kappa shape index (κ2) is 14.1. The molecular weight excluding hydrogens is 689 g/mol. The molecule has 0 spiro atoms. The minimum absolute atomic E-state index is 0.237. The van der Waals surface area contributed by atoms with Gasteiger partial charge >= 0.3 is 5.97 Å². The van der Waals surface area contributed by atoms with Crippen molar-refractivity contribution in [3.8, 4) is 22.6 Å². The lowest BCUT2D eigenvalue weighted by molar-refractivity contribution is -0.149. The van der Waals surface area contributed by atoms with E-state index in [1.54, 1.807) is 32.2 Å². The Morgan fingerprint density at radius 2 is 1.75 bits per heavy atom. The summed E-state index contributed by atoms with van der Waals surface area (Å²) in [5, 5.41) is 17.0. The summed E-state index contributed by atoms with van der Waals surface area (Å²) in [5.74, 6) is 0.134. The van der Waals surface area contributed by atoms with E-state index in [2.05, 4.69) is 33.6 Å². The van der Waals surface area contributed by atoms with Crippen molar-refractivity contribution in [3.63, 3.8) is 0 Å². The van der Waals surface area contributed by atoms with Crippen LogP contribution in [0.15, 0.2) is 48.5 Å². The fourth-order valence-electron chi connectivity index (χ4n) is 6.95. The van der Waals surface area contributed by atoms with E-state index in [4.69, 9.17) is 32.7 Å². The molecular formula is C39H45Cl2N5O5. The molecule has 0 saturated heterocycles. The van der Waals surface area contributed by atoms with Crippen molar-refractivity contribution in [1.29, 1.82) is 0 Å². The van der Waals surface area contributed by atoms with Crippen molar-refractivity contribution >= 4 is 40.8 Å². The maximum absolute atomic E-state index is 13.4. The van der Waals surface area contributed by atoms with Gasteiger partial charge in [0.25, 0.3) is 5.91 Å². The van der Waals surface area contributed by atoms with Crippen molar-refractivity contribution < 1.29 is 24.2 Å². The number of aliphatic carboxylic acids is 1. The fourth-order valence-corrected chi connectivity index (χ4v) is 7.45. The molecule has 51 heavy (non-hydrogen) atoms. The highest BCUT2D eigenvalue weighted by molar-refractivity contribution is 6.36. The zero-order chi connectivity index (χ0) is 36.8. The summed E-state index contributed by atoms with van der Waals surface area (Å²) in [4.78, 5) is 32.5. The van der Waals surface area contributed by atoms with Gasteiger partial charge in [-0.2, -0.15) is 0 Å². The Hall–Kier alpha value is -4.09. The molecule has 270 valence electrons. The van der Waals surface area contributed by atoms with Gasteiger partial charge in [-0.05, 0) is 61.1 Å². The van der Waals surface area contributed by atoms with Gasteiger partial charge in [0.1, 0.15) is 23.1 Å². The molecule has 12 heteroatoms. The van der Waals surface area contributed by atoms with Crippen molar-refractivity contribution in [2.45, 2.75) is 71.7 Å². The third-order valence-corrected chi connectivity index (χ3v) is 11.3. The van der Waals surface area contributed by atoms with E-state index >= 15 is 0 Å². The number of imidazole rings is 1. The summed E-state index contributed by atoms with van der Waals surface area (Å²) in [6.45, 7) is 9.21. The van der Waals surface area contributed by atoms with Crippen LogP contribution in [0.5, 0.6) is 11.5 Å². The van der Waals surface area contributed by atoms with Gasteiger partial charge in [-0.1, -0.05) is 74.3 Å². The summed E-state index contributed by atoms with van der Waals surface area (Å²) in [5.41, 5.74) is 5.45. The molecule has 3 aromatic carbocycles. The molecule has 2 heterocycles. The third-order valence-electron chi connectivity index (χ3n) is 10.6. The van der Waals surface area contributed by atoms with Crippen molar-refractivity contribution in [3.05, 3.63) is 92.5 Å². The molecule has 0 fully saturated rings. The van der Waals surface area contributed by atoms with Crippen LogP contribution in [0.4, 0.5) is 5.69 Å². The number of halogens is 2. The lowest BCUT2D eigenvalue weighted by atomic mass is 9.74. The molecule has 0 bridgehead atoms. The Morgan fingerprint density at radius 1 is 1.02 bits per heavy atom. The Balaban J connectivity index is 1.22. The highest BCUT2D eigenvalue weighted by Crippen LogP contribution is 2.45. The molecule has 10 nitrogen and oxygen atoms in total. The van der Waals surface area contributed by atoms with E-state index < -0.39 is 16.9 Å². The molecule has 2 unspecified atom stereocenters. The molecule has 3 N–H and O–H groups in total. The quantitative estimate of drug-likeness (QED) is 0.152. The highest BCUT2D eigenvalue weighted by atomic mass is 35.5. The number of anilines is 1. The monoisotopic (exact) mass is 733 g/mol. The minimum atomic E-state index is -1.19. The number of ether oxygens (including phenoxy) is 2. The van der Waals surface area contributed by atoms with Crippen LogP contribution in [0, 0.1) is 5.41 Å². The van der Waals surface area contributed by atoms with Crippen LogP contribution in [0.2, 0.25) is 10.0 Å². The molecule has 1 aliphatic carbocycles. The topological polar surface area (TPSA) is 118 Å². The summed E-state index contributed by atoms with van der Waals surface area (Å²) in [6, 6.07) is 15.2. The number of rotatable bonds is 10. The first-order valence-electron chi connectivity index (χ1n) is 17.1. The number of benzene rings is 3. The van der Waals surface area contributed by atoms with Crippen molar-refractivity contribution in [2.75, 3.05) is 26.0 Å². The lowest BCUT2D eigenvalue weighted by Crippen LogP contribution is -2.58. The van der Waals surface area contributed by atoms with Gasteiger partial charge in [-0.15, -0.1) is 0 Å². The second-order valence-corrected chi connectivity index (χ2v) is 15.4. The standard InChI is InChI=1S/C39H45Cl2N5O5/c1-38(2,3)39(4,37(48)49)42-20-22-18-27(40)33(19-32(22)50-7)51-31-15-14-24-23(10-8-11-25(24)31)26-12-9-13-28(34(26)41)44-36(47)35-43-29-21-45(5)17-16-30(29)46(35)6/h8-13,18-19,31,42H,14-17,20-21H2,1-7H3,(H,44,47)(H,48,49). The zero-order valence-electron chi connectivity index (χ0n) is 30.1. The molecule has 1 amide bonds. The second-order valence-electron chi connectivity index (χ2n) is 14.6. The van der Waals surface area contributed by atoms with Crippen LogP contribution in [-0.2, 0) is 37.8 Å². The Labute approximate surface area is 309 Å². The van der Waals surface area contributed by atoms with Crippen LogP contribution >= 0.6 is 23.2 Å². The number of aromatic nitrogens is 2. The van der Waals surface area contributed by atoms with Crippen LogP contribution in [0.3, 0.4) is 0 Å². The van der Waals surface area contributed by atoms with E-state index in [0.717, 1.165) is 65.0 Å². The lowest BCUT2D eigenvalue weighted by Gasteiger charge is -2.39. The highest BCUT2D eigenvalue weighted by Gasteiger charge is 2.44. The van der Waals surface area contributed by atoms with E-state index in [1.807, 2.05) is 56.7 Å². The van der Waals surface area contributed by atoms with Crippen molar-refractivity contribution in [1.82, 2.24) is 19.8 Å². The number of hydrogen-bond acceptors (Lipinski definition) is 7. The maximum Gasteiger partial charge on any atom is 0.324 e. The van der Waals surface area contributed by atoms with E-state index in [0.29, 0.717) is 39.6 Å². The number of carbonyl (C=O) groups is 2. The molecule has 6 rings (SSSR count). The first-order valence-corrected chi connectivity index (χ1v) is 17.8.